The predicted octanol–water partition coefficient (Wildman–Crippen LogP) is 2.84. The number of rotatable bonds is 6. The first-order valence-corrected chi connectivity index (χ1v) is 7.38. The van der Waals surface area contributed by atoms with E-state index >= 15 is 0 Å². The van der Waals surface area contributed by atoms with Gasteiger partial charge in [0, 0.05) is 6.54 Å². The molecule has 1 atom stereocenters. The summed E-state index contributed by atoms with van der Waals surface area (Å²) in [5, 5.41) is 3.10. The molecule has 0 radical (unpaired) electrons. The fourth-order valence-corrected chi connectivity index (χ4v) is 3.07. The summed E-state index contributed by atoms with van der Waals surface area (Å²) < 4.78 is 0. The van der Waals surface area contributed by atoms with Crippen molar-refractivity contribution < 1.29 is 4.79 Å². The zero-order valence-corrected chi connectivity index (χ0v) is 12.5. The van der Waals surface area contributed by atoms with Gasteiger partial charge in [-0.2, -0.15) is 0 Å². The Hall–Kier alpha value is -0.570. The number of nitrogens with two attached hydrogens (primary N) is 1. The first-order valence-electron chi connectivity index (χ1n) is 7.38. The molecule has 3 nitrogen and oxygen atoms in total. The van der Waals surface area contributed by atoms with Crippen LogP contribution in [0.3, 0.4) is 0 Å². The zero-order chi connectivity index (χ0) is 13.8. The third kappa shape index (κ3) is 3.98. The highest BCUT2D eigenvalue weighted by Crippen LogP contribution is 2.42. The monoisotopic (exact) mass is 254 g/mol. The molecular weight excluding hydrogens is 224 g/mol. The molecule has 3 N–H and O–H groups in total. The predicted molar refractivity (Wildman–Crippen MR) is 76.2 cm³/mol. The summed E-state index contributed by atoms with van der Waals surface area (Å²) in [6, 6.07) is 0. The minimum Gasteiger partial charge on any atom is -0.354 e. The van der Waals surface area contributed by atoms with Gasteiger partial charge in [-0.15, -0.1) is 0 Å². The third-order valence-corrected chi connectivity index (χ3v) is 4.38. The highest BCUT2D eigenvalue weighted by Gasteiger charge is 2.36. The van der Waals surface area contributed by atoms with Gasteiger partial charge in [0.05, 0.1) is 5.54 Å². The van der Waals surface area contributed by atoms with Gasteiger partial charge in [0.25, 0.3) is 0 Å². The molecule has 106 valence electrons. The van der Waals surface area contributed by atoms with Crippen LogP contribution in [-0.2, 0) is 4.79 Å². The number of carbonyl (C=O) groups is 1. The van der Waals surface area contributed by atoms with Crippen LogP contribution in [-0.4, -0.2) is 18.0 Å². The van der Waals surface area contributed by atoms with Crippen LogP contribution in [0.2, 0.25) is 0 Å². The normalized spacial score (nSPS) is 21.9. The fraction of sp³-hybridized carbons (Fsp3) is 0.933. The van der Waals surface area contributed by atoms with Crippen molar-refractivity contribution in [2.24, 2.45) is 17.1 Å². The number of carbonyl (C=O) groups excluding carboxylic acids is 1. The van der Waals surface area contributed by atoms with E-state index in [9.17, 15) is 4.79 Å². The highest BCUT2D eigenvalue weighted by atomic mass is 16.2. The number of nitrogens with one attached hydrogen (secondary N) is 1. The lowest BCUT2D eigenvalue weighted by Crippen LogP contribution is -2.53. The van der Waals surface area contributed by atoms with E-state index in [0.717, 1.165) is 6.54 Å². The molecule has 1 rings (SSSR count). The summed E-state index contributed by atoms with van der Waals surface area (Å²) in [6.45, 7) is 9.10. The Morgan fingerprint density at radius 2 is 1.94 bits per heavy atom. The van der Waals surface area contributed by atoms with E-state index < -0.39 is 5.54 Å². The van der Waals surface area contributed by atoms with Gasteiger partial charge in [0.1, 0.15) is 0 Å². The van der Waals surface area contributed by atoms with Crippen LogP contribution in [0.1, 0.15) is 66.2 Å². The Morgan fingerprint density at radius 3 is 2.39 bits per heavy atom. The second-order valence-corrected chi connectivity index (χ2v) is 6.76. The molecule has 0 spiro atoms. The van der Waals surface area contributed by atoms with E-state index in [1.807, 2.05) is 13.8 Å². The van der Waals surface area contributed by atoms with Crippen molar-refractivity contribution in [2.75, 3.05) is 6.54 Å². The SMILES string of the molecule is CCC(C)(N)C(=O)NCC1(CC(C)C)CCCC1. The van der Waals surface area contributed by atoms with Crippen LogP contribution in [0.15, 0.2) is 0 Å². The Morgan fingerprint density at radius 1 is 1.39 bits per heavy atom. The summed E-state index contributed by atoms with van der Waals surface area (Å²) in [6.07, 6.45) is 6.99. The van der Waals surface area contributed by atoms with E-state index in [2.05, 4.69) is 19.2 Å². The number of hydrogen-bond acceptors (Lipinski definition) is 2. The van der Waals surface area contributed by atoms with Gasteiger partial charge >= 0.3 is 0 Å². The molecule has 0 aromatic heterocycles. The van der Waals surface area contributed by atoms with Crippen molar-refractivity contribution in [3.05, 3.63) is 0 Å². The maximum Gasteiger partial charge on any atom is 0.239 e. The molecule has 0 aromatic carbocycles. The molecule has 0 aliphatic heterocycles. The maximum atomic E-state index is 12.0. The molecule has 1 aliphatic rings. The minimum atomic E-state index is -0.725. The van der Waals surface area contributed by atoms with Crippen LogP contribution >= 0.6 is 0 Å². The molecule has 0 saturated heterocycles. The van der Waals surface area contributed by atoms with Crippen molar-refractivity contribution >= 4 is 5.91 Å². The van der Waals surface area contributed by atoms with E-state index in [1.54, 1.807) is 0 Å². The van der Waals surface area contributed by atoms with Crippen molar-refractivity contribution in [1.29, 1.82) is 0 Å². The van der Waals surface area contributed by atoms with Crippen LogP contribution in [0.4, 0.5) is 0 Å². The van der Waals surface area contributed by atoms with Gasteiger partial charge in [-0.1, -0.05) is 33.6 Å². The fourth-order valence-electron chi connectivity index (χ4n) is 3.07. The second kappa shape index (κ2) is 6.05. The van der Waals surface area contributed by atoms with Gasteiger partial charge < -0.3 is 11.1 Å². The van der Waals surface area contributed by atoms with E-state index in [1.165, 1.54) is 32.1 Å². The third-order valence-electron chi connectivity index (χ3n) is 4.38. The smallest absolute Gasteiger partial charge is 0.239 e. The van der Waals surface area contributed by atoms with Crippen molar-refractivity contribution in [3.63, 3.8) is 0 Å². The lowest BCUT2D eigenvalue weighted by molar-refractivity contribution is -0.126. The van der Waals surface area contributed by atoms with Gasteiger partial charge in [-0.3, -0.25) is 4.79 Å². The van der Waals surface area contributed by atoms with E-state index in [-0.39, 0.29) is 5.91 Å². The van der Waals surface area contributed by atoms with Gasteiger partial charge in [0.2, 0.25) is 5.91 Å². The van der Waals surface area contributed by atoms with Crippen LogP contribution < -0.4 is 11.1 Å². The second-order valence-electron chi connectivity index (χ2n) is 6.76. The molecule has 1 aliphatic carbocycles. The molecule has 1 fully saturated rings. The molecule has 1 unspecified atom stereocenters. The van der Waals surface area contributed by atoms with Crippen LogP contribution in [0.5, 0.6) is 0 Å². The molecule has 0 aromatic rings. The number of amides is 1. The molecular formula is C15H30N2O. The van der Waals surface area contributed by atoms with Gasteiger partial charge in [-0.25, -0.2) is 0 Å². The largest absolute Gasteiger partial charge is 0.354 e. The summed E-state index contributed by atoms with van der Waals surface area (Å²) in [5.74, 6) is 0.690. The summed E-state index contributed by atoms with van der Waals surface area (Å²) in [5.41, 5.74) is 5.58. The molecule has 18 heavy (non-hydrogen) atoms. The summed E-state index contributed by atoms with van der Waals surface area (Å²) >= 11 is 0. The van der Waals surface area contributed by atoms with Gasteiger partial charge in [-0.05, 0) is 43.9 Å². The Balaban J connectivity index is 2.56. The lowest BCUT2D eigenvalue weighted by Gasteiger charge is -2.33. The Bertz CT molecular complexity index is 278. The maximum absolute atomic E-state index is 12.0. The van der Waals surface area contributed by atoms with Gasteiger partial charge in [0.15, 0.2) is 0 Å². The first kappa shape index (κ1) is 15.5. The minimum absolute atomic E-state index is 0.0000288. The lowest BCUT2D eigenvalue weighted by atomic mass is 9.78. The van der Waals surface area contributed by atoms with E-state index in [0.29, 0.717) is 17.8 Å². The van der Waals surface area contributed by atoms with Crippen molar-refractivity contribution in [2.45, 2.75) is 71.8 Å². The van der Waals surface area contributed by atoms with E-state index in [4.69, 9.17) is 5.73 Å². The number of hydrogen-bond donors (Lipinski definition) is 2. The van der Waals surface area contributed by atoms with Crippen LogP contribution in [0, 0.1) is 11.3 Å². The zero-order valence-electron chi connectivity index (χ0n) is 12.5. The molecule has 0 bridgehead atoms. The topological polar surface area (TPSA) is 55.1 Å². The average Bonchev–Trinajstić information content (AvgIpc) is 2.74. The quantitative estimate of drug-likeness (QED) is 0.766. The van der Waals surface area contributed by atoms with Crippen LogP contribution in [0.25, 0.3) is 0 Å². The standard InChI is InChI=1S/C15H30N2O/c1-5-14(4,16)13(18)17-11-15(10-12(2)3)8-6-7-9-15/h12H,5-11,16H2,1-4H3,(H,17,18). The molecule has 1 saturated carbocycles. The Kier molecular flexibility index (Phi) is 5.20. The first-order chi connectivity index (χ1) is 8.31. The summed E-state index contributed by atoms with van der Waals surface area (Å²) in [4.78, 5) is 12.0. The molecule has 0 heterocycles. The van der Waals surface area contributed by atoms with Crippen molar-refractivity contribution in [1.82, 2.24) is 5.32 Å². The summed E-state index contributed by atoms with van der Waals surface area (Å²) in [7, 11) is 0. The van der Waals surface area contributed by atoms with Crippen molar-refractivity contribution in [3.8, 4) is 0 Å². The molecule has 3 heteroatoms. The Labute approximate surface area is 112 Å². The molecule has 1 amide bonds. The highest BCUT2D eigenvalue weighted by molar-refractivity contribution is 5.85. The average molecular weight is 254 g/mol.